The lowest BCUT2D eigenvalue weighted by atomic mass is 9.84. The normalized spacial score (nSPS) is 21.2. The standard InChI is InChI=1S/C22H34N6O2S/c1-16(2)27-12-11-19(15-27)28-25-22(24-26-28)21-14-20(31(29,30)23-3)10-9-18(21)13-17-7-5-4-6-8-17/h9-10,14,16-17,19,23H,4-8,11-13,15H2,1-3H3. The molecule has 9 heteroatoms. The minimum atomic E-state index is -3.54. The van der Waals surface area contributed by atoms with E-state index < -0.39 is 10.0 Å². The molecule has 170 valence electrons. The van der Waals surface area contributed by atoms with Gasteiger partial charge in [0.25, 0.3) is 0 Å². The molecule has 1 saturated heterocycles. The maximum Gasteiger partial charge on any atom is 0.240 e. The van der Waals surface area contributed by atoms with Gasteiger partial charge < -0.3 is 0 Å². The van der Waals surface area contributed by atoms with E-state index in [-0.39, 0.29) is 10.9 Å². The fraction of sp³-hybridized carbons (Fsp3) is 0.682. The van der Waals surface area contributed by atoms with Crippen molar-refractivity contribution in [2.45, 2.75) is 75.8 Å². The number of rotatable bonds is 7. The molecule has 1 atom stereocenters. The second kappa shape index (κ2) is 9.34. The number of benzene rings is 1. The molecule has 31 heavy (non-hydrogen) atoms. The highest BCUT2D eigenvalue weighted by atomic mass is 32.2. The fourth-order valence-electron chi connectivity index (χ4n) is 4.84. The lowest BCUT2D eigenvalue weighted by molar-refractivity contribution is 0.258. The molecule has 1 unspecified atom stereocenters. The predicted molar refractivity (Wildman–Crippen MR) is 120 cm³/mol. The highest BCUT2D eigenvalue weighted by Crippen LogP contribution is 2.32. The molecule has 1 saturated carbocycles. The summed E-state index contributed by atoms with van der Waals surface area (Å²) in [6.45, 7) is 6.35. The molecule has 2 heterocycles. The largest absolute Gasteiger partial charge is 0.299 e. The lowest BCUT2D eigenvalue weighted by Gasteiger charge is -2.22. The van der Waals surface area contributed by atoms with Crippen LogP contribution in [0.15, 0.2) is 23.1 Å². The predicted octanol–water partition coefficient (Wildman–Crippen LogP) is 3.03. The van der Waals surface area contributed by atoms with Crippen LogP contribution >= 0.6 is 0 Å². The minimum absolute atomic E-state index is 0.203. The molecular weight excluding hydrogens is 412 g/mol. The van der Waals surface area contributed by atoms with Gasteiger partial charge in [-0.2, -0.15) is 4.80 Å². The first-order valence-corrected chi connectivity index (χ1v) is 13.0. The summed E-state index contributed by atoms with van der Waals surface area (Å²) in [4.78, 5) is 4.38. The summed E-state index contributed by atoms with van der Waals surface area (Å²) in [5.74, 6) is 1.14. The van der Waals surface area contributed by atoms with Crippen molar-refractivity contribution in [2.75, 3.05) is 20.1 Å². The quantitative estimate of drug-likeness (QED) is 0.703. The zero-order valence-corrected chi connectivity index (χ0v) is 19.6. The Bertz CT molecular complexity index is 997. The van der Waals surface area contributed by atoms with Crippen LogP contribution in [0.25, 0.3) is 11.4 Å². The number of aromatic nitrogens is 4. The van der Waals surface area contributed by atoms with Crippen LogP contribution in [-0.4, -0.2) is 59.7 Å². The van der Waals surface area contributed by atoms with Gasteiger partial charge in [-0.3, -0.25) is 4.90 Å². The fourth-order valence-corrected chi connectivity index (χ4v) is 5.60. The minimum Gasteiger partial charge on any atom is -0.299 e. The monoisotopic (exact) mass is 446 g/mol. The molecule has 4 rings (SSSR count). The number of tetrazole rings is 1. The smallest absolute Gasteiger partial charge is 0.240 e. The highest BCUT2D eigenvalue weighted by Gasteiger charge is 2.28. The van der Waals surface area contributed by atoms with Crippen molar-refractivity contribution in [1.82, 2.24) is 29.8 Å². The van der Waals surface area contributed by atoms with Gasteiger partial charge in [0, 0.05) is 24.7 Å². The van der Waals surface area contributed by atoms with E-state index in [1.165, 1.54) is 39.2 Å². The molecule has 2 fully saturated rings. The van der Waals surface area contributed by atoms with E-state index in [0.717, 1.165) is 37.1 Å². The summed E-state index contributed by atoms with van der Waals surface area (Å²) in [5, 5.41) is 13.4. The van der Waals surface area contributed by atoms with E-state index >= 15 is 0 Å². The third kappa shape index (κ3) is 4.99. The van der Waals surface area contributed by atoms with Crippen molar-refractivity contribution < 1.29 is 8.42 Å². The van der Waals surface area contributed by atoms with E-state index in [2.05, 4.69) is 33.8 Å². The van der Waals surface area contributed by atoms with Crippen LogP contribution in [0.3, 0.4) is 0 Å². The first kappa shape index (κ1) is 22.4. The van der Waals surface area contributed by atoms with Gasteiger partial charge in [0.1, 0.15) is 0 Å². The summed E-state index contributed by atoms with van der Waals surface area (Å²) in [6.07, 6.45) is 8.23. The molecule has 1 aromatic heterocycles. The van der Waals surface area contributed by atoms with Crippen LogP contribution < -0.4 is 4.72 Å². The Hall–Kier alpha value is -1.84. The van der Waals surface area contributed by atoms with Gasteiger partial charge in [0.2, 0.25) is 15.8 Å². The third-order valence-corrected chi connectivity index (χ3v) is 8.23. The SMILES string of the molecule is CNS(=O)(=O)c1ccc(CC2CCCCC2)c(-c2nnn(C3CCN(C(C)C)C3)n2)c1. The Labute approximate surface area is 185 Å². The zero-order valence-electron chi connectivity index (χ0n) is 18.8. The van der Waals surface area contributed by atoms with E-state index in [0.29, 0.717) is 17.8 Å². The van der Waals surface area contributed by atoms with Crippen LogP contribution in [0.1, 0.15) is 64.0 Å². The van der Waals surface area contributed by atoms with Crippen LogP contribution in [-0.2, 0) is 16.4 Å². The number of sulfonamides is 1. The molecule has 1 aliphatic carbocycles. The van der Waals surface area contributed by atoms with Crippen molar-refractivity contribution in [3.05, 3.63) is 23.8 Å². The molecule has 2 aliphatic rings. The zero-order chi connectivity index (χ0) is 22.0. The van der Waals surface area contributed by atoms with Gasteiger partial charge in [-0.05, 0) is 62.6 Å². The average molecular weight is 447 g/mol. The van der Waals surface area contributed by atoms with Crippen LogP contribution in [0, 0.1) is 5.92 Å². The van der Waals surface area contributed by atoms with Crippen molar-refractivity contribution >= 4 is 10.0 Å². The molecule has 0 bridgehead atoms. The molecule has 2 aromatic rings. The third-order valence-electron chi connectivity index (χ3n) is 6.81. The van der Waals surface area contributed by atoms with Gasteiger partial charge in [-0.1, -0.05) is 38.2 Å². The first-order valence-electron chi connectivity index (χ1n) is 11.5. The highest BCUT2D eigenvalue weighted by molar-refractivity contribution is 7.89. The maximum absolute atomic E-state index is 12.4. The summed E-state index contributed by atoms with van der Waals surface area (Å²) in [7, 11) is -2.11. The van der Waals surface area contributed by atoms with Crippen molar-refractivity contribution in [2.24, 2.45) is 5.92 Å². The van der Waals surface area contributed by atoms with Crippen LogP contribution in [0.4, 0.5) is 0 Å². The second-order valence-electron chi connectivity index (χ2n) is 9.20. The molecule has 0 amide bonds. The number of nitrogens with zero attached hydrogens (tertiary/aromatic N) is 5. The molecular formula is C22H34N6O2S. The van der Waals surface area contributed by atoms with Gasteiger partial charge in [-0.15, -0.1) is 10.2 Å². The van der Waals surface area contributed by atoms with E-state index in [9.17, 15) is 8.42 Å². The number of likely N-dealkylation sites (tertiary alicyclic amines) is 1. The van der Waals surface area contributed by atoms with Crippen molar-refractivity contribution in [1.29, 1.82) is 0 Å². The molecule has 1 aromatic carbocycles. The van der Waals surface area contributed by atoms with Gasteiger partial charge in [0.15, 0.2) is 0 Å². The van der Waals surface area contributed by atoms with Crippen molar-refractivity contribution in [3.8, 4) is 11.4 Å². The van der Waals surface area contributed by atoms with Crippen LogP contribution in [0.5, 0.6) is 0 Å². The summed E-state index contributed by atoms with van der Waals surface area (Å²) in [6, 6.07) is 6.04. The lowest BCUT2D eigenvalue weighted by Crippen LogP contribution is -2.29. The topological polar surface area (TPSA) is 93.0 Å². The van der Waals surface area contributed by atoms with Crippen LogP contribution in [0.2, 0.25) is 0 Å². The molecule has 1 N–H and O–H groups in total. The van der Waals surface area contributed by atoms with E-state index in [1.54, 1.807) is 16.9 Å². The average Bonchev–Trinajstić information content (AvgIpc) is 3.44. The summed E-state index contributed by atoms with van der Waals surface area (Å²) < 4.78 is 27.3. The Kier molecular flexibility index (Phi) is 6.74. The van der Waals surface area contributed by atoms with E-state index in [1.807, 2.05) is 6.07 Å². The Morgan fingerprint density at radius 3 is 2.61 bits per heavy atom. The van der Waals surface area contributed by atoms with Gasteiger partial charge >= 0.3 is 0 Å². The second-order valence-corrected chi connectivity index (χ2v) is 11.1. The Morgan fingerprint density at radius 1 is 1.16 bits per heavy atom. The van der Waals surface area contributed by atoms with Gasteiger partial charge in [0.05, 0.1) is 10.9 Å². The number of hydrogen-bond donors (Lipinski definition) is 1. The molecule has 1 aliphatic heterocycles. The summed E-state index contributed by atoms with van der Waals surface area (Å²) >= 11 is 0. The maximum atomic E-state index is 12.4. The van der Waals surface area contributed by atoms with E-state index in [4.69, 9.17) is 5.10 Å². The number of hydrogen-bond acceptors (Lipinski definition) is 6. The van der Waals surface area contributed by atoms with Gasteiger partial charge in [-0.25, -0.2) is 13.1 Å². The Balaban J connectivity index is 1.65. The molecule has 0 radical (unpaired) electrons. The molecule has 8 nitrogen and oxygen atoms in total. The number of nitrogens with one attached hydrogen (secondary N) is 1. The summed E-state index contributed by atoms with van der Waals surface area (Å²) in [5.41, 5.74) is 1.89. The molecule has 0 spiro atoms. The Morgan fingerprint density at radius 2 is 1.94 bits per heavy atom. The van der Waals surface area contributed by atoms with Crippen molar-refractivity contribution in [3.63, 3.8) is 0 Å². The first-order chi connectivity index (χ1) is 14.9.